The van der Waals surface area contributed by atoms with Gasteiger partial charge in [-0.1, -0.05) is 15.9 Å². The van der Waals surface area contributed by atoms with Gasteiger partial charge in [0, 0.05) is 41.6 Å². The number of benzene rings is 2. The van der Waals surface area contributed by atoms with Crippen LogP contribution in [0.4, 0.5) is 5.69 Å². The number of anilines is 1. The molecular weight excluding hydrogens is 394 g/mol. The van der Waals surface area contributed by atoms with E-state index in [1.807, 2.05) is 30.1 Å². The summed E-state index contributed by atoms with van der Waals surface area (Å²) in [5, 5.41) is 1.19. The number of fused-ring (bicyclic) bond motifs is 6. The van der Waals surface area contributed by atoms with Crippen molar-refractivity contribution in [2.45, 2.75) is 12.7 Å². The predicted octanol–water partition coefficient (Wildman–Crippen LogP) is 4.02. The van der Waals surface area contributed by atoms with Gasteiger partial charge in [-0.15, -0.1) is 0 Å². The molecule has 3 heterocycles. The topological polar surface area (TPSA) is 37.7 Å². The van der Waals surface area contributed by atoms with Crippen LogP contribution in [0.5, 0.6) is 5.75 Å². The molecule has 26 heavy (non-hydrogen) atoms. The predicted molar refractivity (Wildman–Crippen MR) is 105 cm³/mol. The molecule has 0 aliphatic carbocycles. The Morgan fingerprint density at radius 1 is 1.12 bits per heavy atom. The Balaban J connectivity index is 1.71. The van der Waals surface area contributed by atoms with Crippen molar-refractivity contribution in [1.82, 2.24) is 9.47 Å². The van der Waals surface area contributed by atoms with E-state index in [1.54, 1.807) is 7.11 Å². The number of rotatable bonds is 1. The molecule has 0 saturated heterocycles. The van der Waals surface area contributed by atoms with Crippen LogP contribution in [0.25, 0.3) is 10.9 Å². The Hall–Kier alpha value is -2.47. The van der Waals surface area contributed by atoms with Crippen molar-refractivity contribution in [2.75, 3.05) is 25.6 Å². The maximum Gasteiger partial charge on any atom is 0.257 e. The number of nitrogens with zero attached hydrogens (tertiary/aromatic N) is 3. The minimum Gasteiger partial charge on any atom is -0.497 e. The third-order valence-corrected chi connectivity index (χ3v) is 5.96. The zero-order valence-corrected chi connectivity index (χ0v) is 16.2. The summed E-state index contributed by atoms with van der Waals surface area (Å²) >= 11 is 3.56. The van der Waals surface area contributed by atoms with Gasteiger partial charge in [0.15, 0.2) is 0 Å². The maximum atomic E-state index is 13.1. The van der Waals surface area contributed by atoms with Gasteiger partial charge < -0.3 is 19.1 Å². The van der Waals surface area contributed by atoms with Crippen LogP contribution in [0.2, 0.25) is 0 Å². The van der Waals surface area contributed by atoms with Crippen molar-refractivity contribution in [3.63, 3.8) is 0 Å². The van der Waals surface area contributed by atoms with Crippen molar-refractivity contribution in [3.05, 3.63) is 58.2 Å². The van der Waals surface area contributed by atoms with E-state index in [2.05, 4.69) is 49.7 Å². The summed E-state index contributed by atoms with van der Waals surface area (Å²) in [4.78, 5) is 17.3. The van der Waals surface area contributed by atoms with Gasteiger partial charge in [-0.3, -0.25) is 4.79 Å². The first kappa shape index (κ1) is 15.8. The summed E-state index contributed by atoms with van der Waals surface area (Å²) in [7, 11) is 3.70. The van der Waals surface area contributed by atoms with E-state index in [0.717, 1.165) is 33.7 Å². The highest BCUT2D eigenvalue weighted by molar-refractivity contribution is 9.10. The quantitative estimate of drug-likeness (QED) is 0.606. The van der Waals surface area contributed by atoms with E-state index in [0.29, 0.717) is 6.54 Å². The third-order valence-electron chi connectivity index (χ3n) is 5.46. The minimum atomic E-state index is -0.109. The number of carbonyl (C=O) groups excluding carboxylic acids is 1. The van der Waals surface area contributed by atoms with Crippen LogP contribution in [0.1, 0.15) is 22.2 Å². The molecule has 0 spiro atoms. The molecule has 0 radical (unpaired) electrons. The molecule has 1 unspecified atom stereocenters. The van der Waals surface area contributed by atoms with E-state index in [4.69, 9.17) is 4.74 Å². The van der Waals surface area contributed by atoms with Gasteiger partial charge in [0.05, 0.1) is 24.1 Å². The SMILES string of the molecule is COc1ccc2c(c1)N(C)C1c3cc4cc(Br)ccc4n3CCN1C2=O. The monoisotopic (exact) mass is 411 g/mol. The minimum absolute atomic E-state index is 0.0865. The maximum absolute atomic E-state index is 13.1. The normalized spacial score (nSPS) is 18.6. The van der Waals surface area contributed by atoms with Gasteiger partial charge in [-0.25, -0.2) is 0 Å². The highest BCUT2D eigenvalue weighted by atomic mass is 79.9. The molecule has 1 aromatic heterocycles. The van der Waals surface area contributed by atoms with Crippen LogP contribution >= 0.6 is 15.9 Å². The lowest BCUT2D eigenvalue weighted by atomic mass is 10.0. The largest absolute Gasteiger partial charge is 0.497 e. The molecule has 5 nitrogen and oxygen atoms in total. The molecule has 1 amide bonds. The molecule has 2 aliphatic rings. The molecule has 2 aromatic carbocycles. The second kappa shape index (κ2) is 5.51. The number of amides is 1. The molecular formula is C20H18BrN3O2. The molecule has 0 saturated carbocycles. The smallest absolute Gasteiger partial charge is 0.257 e. The third kappa shape index (κ3) is 2.05. The summed E-state index contributed by atoms with van der Waals surface area (Å²) in [6.45, 7) is 1.51. The second-order valence-electron chi connectivity index (χ2n) is 6.79. The standard InChI is InChI=1S/C20H18BrN3O2/c1-22-17-11-14(26-2)4-5-15(17)20(25)24-8-7-23-16-6-3-13(21)9-12(16)10-18(23)19(22)24/h3-6,9-11,19H,7-8H2,1-2H3. The molecule has 132 valence electrons. The number of carbonyl (C=O) groups is 1. The summed E-state index contributed by atoms with van der Waals surface area (Å²) in [5.41, 5.74) is 4.00. The summed E-state index contributed by atoms with van der Waals surface area (Å²) in [6.07, 6.45) is -0.109. The van der Waals surface area contributed by atoms with Gasteiger partial charge in [0.2, 0.25) is 0 Å². The van der Waals surface area contributed by atoms with Crippen LogP contribution in [0.15, 0.2) is 46.9 Å². The molecule has 5 rings (SSSR count). The number of ether oxygens (including phenoxy) is 1. The second-order valence-corrected chi connectivity index (χ2v) is 7.71. The number of methoxy groups -OCH3 is 1. The van der Waals surface area contributed by atoms with Crippen molar-refractivity contribution < 1.29 is 9.53 Å². The lowest BCUT2D eigenvalue weighted by Crippen LogP contribution is -2.52. The Bertz CT molecular complexity index is 1060. The van der Waals surface area contributed by atoms with E-state index >= 15 is 0 Å². The summed E-state index contributed by atoms with van der Waals surface area (Å²) in [5.74, 6) is 0.848. The number of hydrogen-bond donors (Lipinski definition) is 0. The molecule has 0 fully saturated rings. The lowest BCUT2D eigenvalue weighted by molar-refractivity contribution is 0.0602. The Labute approximate surface area is 159 Å². The van der Waals surface area contributed by atoms with Gasteiger partial charge in [0.1, 0.15) is 11.9 Å². The molecule has 0 N–H and O–H groups in total. The fraction of sp³-hybridized carbons (Fsp3) is 0.250. The Morgan fingerprint density at radius 2 is 1.96 bits per heavy atom. The number of aromatic nitrogens is 1. The zero-order valence-electron chi connectivity index (χ0n) is 14.6. The average Bonchev–Trinajstić information content (AvgIpc) is 3.02. The highest BCUT2D eigenvalue weighted by Gasteiger charge is 2.41. The van der Waals surface area contributed by atoms with Gasteiger partial charge in [-0.05, 0) is 36.4 Å². The fourth-order valence-electron chi connectivity index (χ4n) is 4.23. The molecule has 0 bridgehead atoms. The van der Waals surface area contributed by atoms with E-state index in [-0.39, 0.29) is 12.1 Å². The van der Waals surface area contributed by atoms with Gasteiger partial charge in [-0.2, -0.15) is 0 Å². The van der Waals surface area contributed by atoms with Gasteiger partial charge >= 0.3 is 0 Å². The first-order valence-corrected chi connectivity index (χ1v) is 9.38. The molecule has 2 aliphatic heterocycles. The first-order chi connectivity index (χ1) is 12.6. The average molecular weight is 412 g/mol. The lowest BCUT2D eigenvalue weighted by Gasteiger charge is -2.46. The van der Waals surface area contributed by atoms with E-state index in [9.17, 15) is 4.79 Å². The molecule has 6 heteroatoms. The fourth-order valence-corrected chi connectivity index (χ4v) is 4.61. The molecule has 1 atom stereocenters. The van der Waals surface area contributed by atoms with Crippen LogP contribution in [0, 0.1) is 0 Å². The Morgan fingerprint density at radius 3 is 2.77 bits per heavy atom. The van der Waals surface area contributed by atoms with Crippen molar-refractivity contribution >= 4 is 38.4 Å². The van der Waals surface area contributed by atoms with Crippen LogP contribution in [-0.4, -0.2) is 36.1 Å². The molecule has 3 aromatic rings. The zero-order chi connectivity index (χ0) is 18.0. The summed E-state index contributed by atoms with van der Waals surface area (Å²) < 4.78 is 8.76. The van der Waals surface area contributed by atoms with Crippen LogP contribution < -0.4 is 9.64 Å². The number of halogens is 1. The van der Waals surface area contributed by atoms with Crippen LogP contribution in [-0.2, 0) is 6.54 Å². The first-order valence-electron chi connectivity index (χ1n) is 8.59. The van der Waals surface area contributed by atoms with E-state index < -0.39 is 0 Å². The van der Waals surface area contributed by atoms with E-state index in [1.165, 1.54) is 10.9 Å². The summed E-state index contributed by atoms with van der Waals surface area (Å²) in [6, 6.07) is 14.2. The van der Waals surface area contributed by atoms with Crippen LogP contribution in [0.3, 0.4) is 0 Å². The van der Waals surface area contributed by atoms with Crippen molar-refractivity contribution in [1.29, 1.82) is 0 Å². The van der Waals surface area contributed by atoms with Crippen molar-refractivity contribution in [3.8, 4) is 5.75 Å². The van der Waals surface area contributed by atoms with Crippen molar-refractivity contribution in [2.24, 2.45) is 0 Å². The Kier molecular flexibility index (Phi) is 3.34. The van der Waals surface area contributed by atoms with Gasteiger partial charge in [0.25, 0.3) is 5.91 Å². The highest BCUT2D eigenvalue weighted by Crippen LogP contribution is 2.42. The number of hydrogen-bond acceptors (Lipinski definition) is 3.